The molecule has 2 nitrogen and oxygen atoms in total. The smallest absolute Gasteiger partial charge is 0.0389 e. The molecule has 20 heavy (non-hydrogen) atoms. The number of piperazine rings is 1. The van der Waals surface area contributed by atoms with Gasteiger partial charge in [0.2, 0.25) is 0 Å². The molecule has 2 fully saturated rings. The van der Waals surface area contributed by atoms with Crippen molar-refractivity contribution in [3.8, 4) is 0 Å². The molecule has 2 unspecified atom stereocenters. The maximum Gasteiger partial charge on any atom is 0.0389 e. The Balaban J connectivity index is 1.80. The SMILES string of the molecule is Cc1cc(N2CC3CCCCN3CC2C)ccc1CBr. The zero-order valence-corrected chi connectivity index (χ0v) is 14.2. The lowest BCUT2D eigenvalue weighted by atomic mass is 9.96. The van der Waals surface area contributed by atoms with Crippen molar-refractivity contribution in [2.75, 3.05) is 24.5 Å². The Hall–Kier alpha value is -0.540. The summed E-state index contributed by atoms with van der Waals surface area (Å²) < 4.78 is 0. The first-order valence-electron chi connectivity index (χ1n) is 7.85. The number of aryl methyl sites for hydroxylation is 1. The molecule has 0 aromatic heterocycles. The van der Waals surface area contributed by atoms with Crippen LogP contribution in [0.15, 0.2) is 18.2 Å². The first-order valence-corrected chi connectivity index (χ1v) is 8.97. The maximum atomic E-state index is 3.57. The molecule has 1 aromatic rings. The van der Waals surface area contributed by atoms with E-state index in [4.69, 9.17) is 0 Å². The first kappa shape index (κ1) is 14.4. The van der Waals surface area contributed by atoms with Crippen LogP contribution in [0.4, 0.5) is 5.69 Å². The standard InChI is InChI=1S/C17H25BrN2/c1-13-9-16(7-6-15(13)10-18)20-12-17-5-3-4-8-19(17)11-14(20)2/h6-7,9,14,17H,3-5,8,10-12H2,1-2H3. The summed E-state index contributed by atoms with van der Waals surface area (Å²) in [6.45, 7) is 8.34. The van der Waals surface area contributed by atoms with Crippen LogP contribution in [-0.4, -0.2) is 36.6 Å². The van der Waals surface area contributed by atoms with Gasteiger partial charge in [-0.15, -0.1) is 0 Å². The van der Waals surface area contributed by atoms with E-state index in [1.807, 2.05) is 0 Å². The average molecular weight is 337 g/mol. The van der Waals surface area contributed by atoms with E-state index in [2.05, 4.69) is 57.8 Å². The quantitative estimate of drug-likeness (QED) is 0.754. The summed E-state index contributed by atoms with van der Waals surface area (Å²) in [7, 11) is 0. The molecule has 2 aliphatic heterocycles. The van der Waals surface area contributed by atoms with Gasteiger partial charge in [0.15, 0.2) is 0 Å². The number of piperidine rings is 1. The number of anilines is 1. The van der Waals surface area contributed by atoms with Crippen molar-refractivity contribution in [2.45, 2.75) is 50.5 Å². The van der Waals surface area contributed by atoms with E-state index >= 15 is 0 Å². The van der Waals surface area contributed by atoms with E-state index in [0.717, 1.165) is 11.4 Å². The van der Waals surface area contributed by atoms with Crippen molar-refractivity contribution in [3.05, 3.63) is 29.3 Å². The highest BCUT2D eigenvalue weighted by molar-refractivity contribution is 9.08. The van der Waals surface area contributed by atoms with E-state index in [1.165, 1.54) is 55.7 Å². The van der Waals surface area contributed by atoms with E-state index in [9.17, 15) is 0 Å². The zero-order valence-electron chi connectivity index (χ0n) is 12.6. The van der Waals surface area contributed by atoms with E-state index in [0.29, 0.717) is 6.04 Å². The summed E-state index contributed by atoms with van der Waals surface area (Å²) in [6.07, 6.45) is 4.18. The summed E-state index contributed by atoms with van der Waals surface area (Å²) in [5, 5.41) is 0.949. The molecule has 0 aliphatic carbocycles. The highest BCUT2D eigenvalue weighted by Gasteiger charge is 2.32. The molecule has 110 valence electrons. The molecule has 2 heterocycles. The predicted octanol–water partition coefficient (Wildman–Crippen LogP) is 3.95. The van der Waals surface area contributed by atoms with Crippen molar-refractivity contribution >= 4 is 21.6 Å². The molecule has 3 heteroatoms. The van der Waals surface area contributed by atoms with Gasteiger partial charge in [0.25, 0.3) is 0 Å². The van der Waals surface area contributed by atoms with E-state index in [1.54, 1.807) is 0 Å². The lowest BCUT2D eigenvalue weighted by molar-refractivity contribution is 0.115. The highest BCUT2D eigenvalue weighted by Crippen LogP contribution is 2.29. The fourth-order valence-corrected chi connectivity index (χ4v) is 4.35. The zero-order chi connectivity index (χ0) is 14.1. The van der Waals surface area contributed by atoms with Crippen molar-refractivity contribution in [2.24, 2.45) is 0 Å². The second-order valence-electron chi connectivity index (χ2n) is 6.39. The summed E-state index contributed by atoms with van der Waals surface area (Å²) in [6, 6.07) is 8.35. The van der Waals surface area contributed by atoms with Crippen LogP contribution < -0.4 is 4.90 Å². The summed E-state index contributed by atoms with van der Waals surface area (Å²) in [4.78, 5) is 5.34. The Labute approximate surface area is 131 Å². The average Bonchev–Trinajstić information content (AvgIpc) is 2.46. The van der Waals surface area contributed by atoms with Crippen molar-refractivity contribution in [1.29, 1.82) is 0 Å². The normalized spacial score (nSPS) is 27.4. The van der Waals surface area contributed by atoms with E-state index in [-0.39, 0.29) is 0 Å². The van der Waals surface area contributed by atoms with Gasteiger partial charge < -0.3 is 4.90 Å². The molecule has 0 saturated carbocycles. The molecule has 3 rings (SSSR count). The van der Waals surface area contributed by atoms with Crippen LogP contribution in [0.2, 0.25) is 0 Å². The number of alkyl halides is 1. The molecule has 0 radical (unpaired) electrons. The van der Waals surface area contributed by atoms with Gasteiger partial charge in [-0.25, -0.2) is 0 Å². The van der Waals surface area contributed by atoms with Crippen molar-refractivity contribution < 1.29 is 0 Å². The Morgan fingerprint density at radius 2 is 2.10 bits per heavy atom. The number of fused-ring (bicyclic) bond motifs is 1. The third kappa shape index (κ3) is 2.75. The molecule has 2 aliphatic rings. The molecule has 0 bridgehead atoms. The Morgan fingerprint density at radius 1 is 1.25 bits per heavy atom. The number of hydrogen-bond donors (Lipinski definition) is 0. The van der Waals surface area contributed by atoms with Gasteiger partial charge in [-0.3, -0.25) is 4.90 Å². The van der Waals surface area contributed by atoms with Crippen LogP contribution in [0.1, 0.15) is 37.3 Å². The monoisotopic (exact) mass is 336 g/mol. The van der Waals surface area contributed by atoms with Gasteiger partial charge in [0, 0.05) is 36.2 Å². The van der Waals surface area contributed by atoms with Crippen LogP contribution in [0.5, 0.6) is 0 Å². The van der Waals surface area contributed by atoms with Gasteiger partial charge in [-0.05, 0) is 56.5 Å². The number of hydrogen-bond acceptors (Lipinski definition) is 2. The van der Waals surface area contributed by atoms with Gasteiger partial charge in [-0.1, -0.05) is 28.4 Å². The third-order valence-corrected chi connectivity index (χ3v) is 5.59. The highest BCUT2D eigenvalue weighted by atomic mass is 79.9. The van der Waals surface area contributed by atoms with Crippen LogP contribution >= 0.6 is 15.9 Å². The number of benzene rings is 1. The molecule has 2 saturated heterocycles. The molecule has 0 spiro atoms. The van der Waals surface area contributed by atoms with Gasteiger partial charge in [-0.2, -0.15) is 0 Å². The van der Waals surface area contributed by atoms with Crippen molar-refractivity contribution in [3.63, 3.8) is 0 Å². The minimum atomic E-state index is 0.624. The lowest BCUT2D eigenvalue weighted by Crippen LogP contribution is -2.58. The number of nitrogens with zero attached hydrogens (tertiary/aromatic N) is 2. The Morgan fingerprint density at radius 3 is 2.85 bits per heavy atom. The summed E-state index contributed by atoms with van der Waals surface area (Å²) in [5.41, 5.74) is 4.21. The Kier molecular flexibility index (Phi) is 4.37. The largest absolute Gasteiger partial charge is 0.366 e. The van der Waals surface area contributed by atoms with Gasteiger partial charge in [0.1, 0.15) is 0 Å². The second kappa shape index (κ2) is 6.07. The van der Waals surface area contributed by atoms with E-state index < -0.39 is 0 Å². The first-order chi connectivity index (χ1) is 9.69. The van der Waals surface area contributed by atoms with Gasteiger partial charge >= 0.3 is 0 Å². The molecule has 2 atom stereocenters. The van der Waals surface area contributed by atoms with Crippen molar-refractivity contribution in [1.82, 2.24) is 4.90 Å². The Bertz CT molecular complexity index is 474. The van der Waals surface area contributed by atoms with Crippen LogP contribution in [0.3, 0.4) is 0 Å². The maximum absolute atomic E-state index is 3.57. The summed E-state index contributed by atoms with van der Waals surface area (Å²) >= 11 is 3.57. The molecule has 0 amide bonds. The minimum absolute atomic E-state index is 0.624. The predicted molar refractivity (Wildman–Crippen MR) is 89.8 cm³/mol. The fraction of sp³-hybridized carbons (Fsp3) is 0.647. The topological polar surface area (TPSA) is 6.48 Å². The molecule has 0 N–H and O–H groups in total. The molecule has 1 aromatic carbocycles. The summed E-state index contributed by atoms with van der Waals surface area (Å²) in [5.74, 6) is 0. The van der Waals surface area contributed by atoms with Crippen LogP contribution in [-0.2, 0) is 5.33 Å². The minimum Gasteiger partial charge on any atom is -0.366 e. The fourth-order valence-electron chi connectivity index (χ4n) is 3.72. The number of rotatable bonds is 2. The third-order valence-electron chi connectivity index (χ3n) is 4.99. The van der Waals surface area contributed by atoms with Crippen LogP contribution in [0, 0.1) is 6.92 Å². The number of halogens is 1. The molecular formula is C17H25BrN2. The van der Waals surface area contributed by atoms with Gasteiger partial charge in [0.05, 0.1) is 0 Å². The second-order valence-corrected chi connectivity index (χ2v) is 6.95. The molecular weight excluding hydrogens is 312 g/mol. The van der Waals surface area contributed by atoms with Crippen LogP contribution in [0.25, 0.3) is 0 Å². The lowest BCUT2D eigenvalue weighted by Gasteiger charge is -2.48.